The number of nitrogens with one attached hydrogen (secondary N) is 5. The molecule has 6 rings (SSSR count). The fourth-order valence-corrected chi connectivity index (χ4v) is 7.29. The number of amides is 4. The van der Waals surface area contributed by atoms with Crippen LogP contribution in [0, 0.1) is 29.0 Å². The third kappa shape index (κ3) is 9.83. The van der Waals surface area contributed by atoms with Crippen LogP contribution in [-0.4, -0.2) is 76.5 Å². The largest absolute Gasteiger partial charge is 0.453 e. The molecule has 0 radical (unpaired) electrons. The fourth-order valence-electron chi connectivity index (χ4n) is 7.29. The maximum absolute atomic E-state index is 15.4. The quantitative estimate of drug-likeness (QED) is 0.0686. The molecule has 1 saturated heterocycles. The Morgan fingerprint density at radius 2 is 1.69 bits per heavy atom. The lowest BCUT2D eigenvalue weighted by molar-refractivity contribution is -0.137. The molecule has 2 aliphatic rings. The van der Waals surface area contributed by atoms with Crippen LogP contribution in [0.4, 0.5) is 33.9 Å². The van der Waals surface area contributed by atoms with E-state index in [1.54, 1.807) is 23.2 Å². The summed E-state index contributed by atoms with van der Waals surface area (Å²) in [7, 11) is 1.22. The predicted molar refractivity (Wildman–Crippen MR) is 212 cm³/mol. The van der Waals surface area contributed by atoms with E-state index in [0.717, 1.165) is 12.5 Å². The molecule has 1 aliphatic carbocycles. The molecule has 4 atom stereocenters. The van der Waals surface area contributed by atoms with E-state index in [0.29, 0.717) is 55.0 Å². The number of likely N-dealkylation sites (tertiary alicyclic amines) is 1. The van der Waals surface area contributed by atoms with Crippen LogP contribution < -0.4 is 21.3 Å². The van der Waals surface area contributed by atoms with E-state index in [1.165, 1.54) is 37.6 Å². The van der Waals surface area contributed by atoms with Crippen LogP contribution in [0.2, 0.25) is 0 Å². The van der Waals surface area contributed by atoms with Gasteiger partial charge in [-0.25, -0.2) is 19.2 Å². The molecule has 4 amide bonds. The second-order valence-corrected chi connectivity index (χ2v) is 16.2. The van der Waals surface area contributed by atoms with E-state index in [2.05, 4.69) is 36.2 Å². The minimum absolute atomic E-state index is 0.00361. The minimum Gasteiger partial charge on any atom is -0.453 e. The molecule has 314 valence electrons. The van der Waals surface area contributed by atoms with Gasteiger partial charge in [0.05, 0.1) is 41.9 Å². The summed E-state index contributed by atoms with van der Waals surface area (Å²) in [4.78, 5) is 64.4. The Bertz CT molecular complexity index is 2190. The van der Waals surface area contributed by atoms with Gasteiger partial charge in [0.2, 0.25) is 11.8 Å². The first-order valence-corrected chi connectivity index (χ1v) is 19.4. The number of carbonyl (C=O) groups is 4. The highest BCUT2D eigenvalue weighted by molar-refractivity contribution is 6.04. The number of imidazole rings is 1. The zero-order chi connectivity index (χ0) is 42.8. The van der Waals surface area contributed by atoms with Crippen LogP contribution in [-0.2, 0) is 20.5 Å². The average molecular weight is 821 g/mol. The van der Waals surface area contributed by atoms with Gasteiger partial charge in [-0.3, -0.25) is 14.4 Å². The van der Waals surface area contributed by atoms with Gasteiger partial charge < -0.3 is 35.9 Å². The highest BCUT2D eigenvalue weighted by Crippen LogP contribution is 2.51. The number of rotatable bonds is 13. The lowest BCUT2D eigenvalue weighted by Crippen LogP contribution is -2.51. The number of alkyl carbamates (subject to hydrolysis) is 1. The third-order valence-corrected chi connectivity index (χ3v) is 10.8. The normalized spacial score (nSPS) is 18.9. The standard InChI is InChI=1S/C42H48F4N8O5/c1-22(2)35(53-40(58)59-6)39(57)54-21-23(3)15-33(54)36-50-20-32(51-36)25-9-7-24(8-10-25)27-16-30(43)31(17-28(27)42(44,45)46)52-37(55)26-11-12-34(49-19-26)47-13-14-48-38(56)29-18-41(29,4)5/h7-12,16-17,19-20,22-23,29,33,35H,13-15,18,21H2,1-6H3,(H,47,49)(H,48,56)(H,50,51)(H,52,55)(H,53,58)/t23-,29+,33-,35-/m0/s1. The van der Waals surface area contributed by atoms with Gasteiger partial charge in [0.1, 0.15) is 23.5 Å². The SMILES string of the molecule is COC(=O)N[C@H](C(=O)N1C[C@@H](C)C[C@H]1c1ncc(-c2ccc(-c3cc(F)c(NC(=O)c4ccc(NCCNC(=O)[C@H]5CC5(C)C)nc4)cc3C(F)(F)F)cc2)[nH]1)C(C)C. The van der Waals surface area contributed by atoms with Crippen molar-refractivity contribution in [2.45, 2.75) is 65.7 Å². The first-order valence-electron chi connectivity index (χ1n) is 19.4. The van der Waals surface area contributed by atoms with Crippen molar-refractivity contribution in [3.63, 3.8) is 0 Å². The second-order valence-electron chi connectivity index (χ2n) is 16.2. The van der Waals surface area contributed by atoms with Gasteiger partial charge in [0, 0.05) is 31.7 Å². The lowest BCUT2D eigenvalue weighted by Gasteiger charge is -2.30. The number of aromatic nitrogens is 3. The molecule has 2 fully saturated rings. The summed E-state index contributed by atoms with van der Waals surface area (Å²) in [5.74, 6) is -1.34. The van der Waals surface area contributed by atoms with E-state index >= 15 is 4.39 Å². The molecule has 13 nitrogen and oxygen atoms in total. The van der Waals surface area contributed by atoms with Crippen molar-refractivity contribution < 1.29 is 41.5 Å². The van der Waals surface area contributed by atoms with Crippen molar-refractivity contribution in [1.29, 1.82) is 0 Å². The number of aromatic amines is 1. The number of halogens is 4. The number of hydrogen-bond acceptors (Lipinski definition) is 8. The number of ether oxygens (including phenoxy) is 1. The van der Waals surface area contributed by atoms with Gasteiger partial charge in [-0.05, 0) is 71.0 Å². The molecule has 5 N–H and O–H groups in total. The zero-order valence-electron chi connectivity index (χ0n) is 33.6. The molecule has 1 saturated carbocycles. The number of methoxy groups -OCH3 is 1. The van der Waals surface area contributed by atoms with Crippen molar-refractivity contribution in [2.75, 3.05) is 37.4 Å². The Morgan fingerprint density at radius 1 is 1.00 bits per heavy atom. The molecule has 3 heterocycles. The highest BCUT2D eigenvalue weighted by Gasteiger charge is 2.50. The number of hydrogen-bond donors (Lipinski definition) is 5. The van der Waals surface area contributed by atoms with E-state index in [9.17, 15) is 32.3 Å². The van der Waals surface area contributed by atoms with Crippen LogP contribution in [0.1, 0.15) is 75.2 Å². The Hall–Kier alpha value is -6.00. The number of alkyl halides is 3. The molecule has 2 aromatic heterocycles. The summed E-state index contributed by atoms with van der Waals surface area (Å²) < 4.78 is 63.5. The average Bonchev–Trinajstić information content (AvgIpc) is 3.48. The first-order chi connectivity index (χ1) is 27.9. The van der Waals surface area contributed by atoms with Gasteiger partial charge in [0.15, 0.2) is 0 Å². The number of H-pyrrole nitrogens is 1. The van der Waals surface area contributed by atoms with E-state index in [1.807, 2.05) is 34.6 Å². The third-order valence-electron chi connectivity index (χ3n) is 10.8. The Balaban J connectivity index is 1.12. The van der Waals surface area contributed by atoms with Crippen LogP contribution in [0.25, 0.3) is 22.4 Å². The van der Waals surface area contributed by atoms with Crippen molar-refractivity contribution >= 4 is 35.3 Å². The maximum atomic E-state index is 15.4. The Kier molecular flexibility index (Phi) is 12.3. The monoisotopic (exact) mass is 820 g/mol. The van der Waals surface area contributed by atoms with E-state index < -0.39 is 52.9 Å². The molecule has 1 aliphatic heterocycles. The fraction of sp³-hybridized carbons (Fsp3) is 0.429. The Labute approximate surface area is 339 Å². The predicted octanol–water partition coefficient (Wildman–Crippen LogP) is 7.41. The molecule has 59 heavy (non-hydrogen) atoms. The number of benzene rings is 2. The number of anilines is 2. The molecule has 0 unspecified atom stereocenters. The minimum atomic E-state index is -4.90. The lowest BCUT2D eigenvalue weighted by atomic mass is 9.96. The number of nitrogens with zero attached hydrogens (tertiary/aromatic N) is 3. The van der Waals surface area contributed by atoms with Crippen LogP contribution in [0.3, 0.4) is 0 Å². The summed E-state index contributed by atoms with van der Waals surface area (Å²) in [6.45, 7) is 10.9. The second kappa shape index (κ2) is 17.1. The number of pyridine rings is 1. The van der Waals surface area contributed by atoms with Crippen molar-refractivity contribution in [2.24, 2.45) is 23.2 Å². The first kappa shape index (κ1) is 42.6. The molecule has 17 heteroatoms. The van der Waals surface area contributed by atoms with Gasteiger partial charge in [-0.1, -0.05) is 58.9 Å². The molecule has 0 spiro atoms. The van der Waals surface area contributed by atoms with Gasteiger partial charge in [0.25, 0.3) is 5.91 Å². The van der Waals surface area contributed by atoms with Crippen molar-refractivity contribution in [3.05, 3.63) is 83.7 Å². The Morgan fingerprint density at radius 3 is 2.31 bits per heavy atom. The zero-order valence-corrected chi connectivity index (χ0v) is 33.6. The summed E-state index contributed by atoms with van der Waals surface area (Å²) >= 11 is 0. The summed E-state index contributed by atoms with van der Waals surface area (Å²) in [6, 6.07) is 8.99. The topological polar surface area (TPSA) is 170 Å². The summed E-state index contributed by atoms with van der Waals surface area (Å²) in [6.07, 6.45) is -1.37. The summed E-state index contributed by atoms with van der Waals surface area (Å²) in [5, 5.41) is 10.7. The molecule has 2 aromatic carbocycles. The van der Waals surface area contributed by atoms with E-state index in [4.69, 9.17) is 4.74 Å². The van der Waals surface area contributed by atoms with Gasteiger partial charge in [-0.2, -0.15) is 13.2 Å². The molecular formula is C42H48F4N8O5. The van der Waals surface area contributed by atoms with Crippen LogP contribution in [0.5, 0.6) is 0 Å². The maximum Gasteiger partial charge on any atom is 0.417 e. The van der Waals surface area contributed by atoms with Gasteiger partial charge >= 0.3 is 12.3 Å². The van der Waals surface area contributed by atoms with Crippen molar-refractivity contribution in [1.82, 2.24) is 30.5 Å². The van der Waals surface area contributed by atoms with Crippen molar-refractivity contribution in [3.8, 4) is 22.4 Å². The van der Waals surface area contributed by atoms with Gasteiger partial charge in [-0.15, -0.1) is 0 Å². The highest BCUT2D eigenvalue weighted by atomic mass is 19.4. The molecule has 4 aromatic rings. The molecular weight excluding hydrogens is 773 g/mol. The van der Waals surface area contributed by atoms with Crippen LogP contribution in [0.15, 0.2) is 60.9 Å². The molecule has 0 bridgehead atoms. The smallest absolute Gasteiger partial charge is 0.417 e. The number of carbonyl (C=O) groups excluding carboxylic acids is 4. The summed E-state index contributed by atoms with van der Waals surface area (Å²) in [5.41, 5.74) is -0.999. The van der Waals surface area contributed by atoms with E-state index in [-0.39, 0.29) is 46.1 Å². The van der Waals surface area contributed by atoms with Crippen LogP contribution >= 0.6 is 0 Å².